The second-order valence-electron chi connectivity index (χ2n) is 15.9. The van der Waals surface area contributed by atoms with Gasteiger partial charge in [0.2, 0.25) is 0 Å². The van der Waals surface area contributed by atoms with Crippen LogP contribution in [0.3, 0.4) is 0 Å². The lowest BCUT2D eigenvalue weighted by molar-refractivity contribution is -0.190. The monoisotopic (exact) mass is 498 g/mol. The average molecular weight is 499 g/mol. The molecule has 2 aliphatic heterocycles. The van der Waals surface area contributed by atoms with Gasteiger partial charge >= 0.3 is 11.9 Å². The summed E-state index contributed by atoms with van der Waals surface area (Å²) in [7, 11) is 0. The maximum atomic E-state index is 13.0. The Kier molecular flexibility index (Phi) is 5.43. The van der Waals surface area contributed by atoms with Gasteiger partial charge in [-0.1, -0.05) is 47.5 Å². The van der Waals surface area contributed by atoms with Gasteiger partial charge in [0, 0.05) is 11.8 Å². The molecule has 0 radical (unpaired) electrons. The molecule has 0 spiro atoms. The molecule has 36 heavy (non-hydrogen) atoms. The molecule has 0 aromatic carbocycles. The van der Waals surface area contributed by atoms with E-state index in [9.17, 15) is 9.59 Å². The van der Waals surface area contributed by atoms with Gasteiger partial charge in [-0.15, -0.1) is 0 Å². The first-order valence-corrected chi connectivity index (χ1v) is 15.2. The van der Waals surface area contributed by atoms with Crippen molar-refractivity contribution in [1.82, 2.24) is 0 Å². The van der Waals surface area contributed by atoms with E-state index in [4.69, 9.17) is 9.47 Å². The van der Waals surface area contributed by atoms with Crippen LogP contribution >= 0.6 is 0 Å². The SMILES string of the molecule is CC1(C)CCC[C@@]2(C)[C@H]1CC[C@@]1(CC[C@]34CCCC(C)(C)[C@@H]3CC[C@@]3(C)OC(=O)C[C@H]43)OC(=O)C[C@@H]12. The maximum Gasteiger partial charge on any atom is 0.306 e. The summed E-state index contributed by atoms with van der Waals surface area (Å²) in [5.74, 6) is 1.95. The van der Waals surface area contributed by atoms with E-state index in [0.29, 0.717) is 41.9 Å². The molecule has 0 bridgehead atoms. The van der Waals surface area contributed by atoms with E-state index in [2.05, 4.69) is 41.5 Å². The molecular formula is C32H50O4. The van der Waals surface area contributed by atoms with Crippen molar-refractivity contribution >= 4 is 11.9 Å². The fourth-order valence-corrected chi connectivity index (χ4v) is 12.0. The highest BCUT2D eigenvalue weighted by atomic mass is 16.6. The van der Waals surface area contributed by atoms with Crippen molar-refractivity contribution in [2.45, 2.75) is 143 Å². The molecule has 6 rings (SSSR count). The summed E-state index contributed by atoms with van der Waals surface area (Å²) in [5.41, 5.74) is 0.289. The minimum atomic E-state index is -0.318. The Balaban J connectivity index is 1.35. The number of esters is 2. The van der Waals surface area contributed by atoms with Gasteiger partial charge in [-0.05, 0) is 105 Å². The summed E-state index contributed by atoms with van der Waals surface area (Å²) in [6.45, 7) is 14.6. The number of carbonyl (C=O) groups excluding carboxylic acids is 2. The number of hydrogen-bond acceptors (Lipinski definition) is 4. The van der Waals surface area contributed by atoms with E-state index in [-0.39, 0.29) is 39.4 Å². The van der Waals surface area contributed by atoms with Gasteiger partial charge in [0.05, 0.1) is 12.8 Å². The van der Waals surface area contributed by atoms with Crippen LogP contribution < -0.4 is 0 Å². The third-order valence-corrected chi connectivity index (χ3v) is 13.4. The minimum Gasteiger partial charge on any atom is -0.459 e. The molecule has 202 valence electrons. The van der Waals surface area contributed by atoms with Gasteiger partial charge in [0.15, 0.2) is 0 Å². The van der Waals surface area contributed by atoms with Crippen molar-refractivity contribution in [1.29, 1.82) is 0 Å². The van der Waals surface area contributed by atoms with Crippen LogP contribution in [-0.2, 0) is 19.1 Å². The smallest absolute Gasteiger partial charge is 0.306 e. The summed E-state index contributed by atoms with van der Waals surface area (Å²) in [5, 5.41) is 0. The molecule has 4 nitrogen and oxygen atoms in total. The van der Waals surface area contributed by atoms with Crippen LogP contribution in [-0.4, -0.2) is 23.1 Å². The molecule has 4 aliphatic carbocycles. The van der Waals surface area contributed by atoms with Crippen molar-refractivity contribution in [2.75, 3.05) is 0 Å². The van der Waals surface area contributed by atoms with Crippen LogP contribution in [0, 0.1) is 45.3 Å². The maximum absolute atomic E-state index is 13.0. The zero-order chi connectivity index (χ0) is 25.8. The van der Waals surface area contributed by atoms with E-state index >= 15 is 0 Å². The molecule has 8 atom stereocenters. The molecule has 0 amide bonds. The summed E-state index contributed by atoms with van der Waals surface area (Å²) in [4.78, 5) is 25.7. The number of carbonyl (C=O) groups is 2. The molecule has 0 aromatic rings. The zero-order valence-electron chi connectivity index (χ0n) is 23.8. The molecule has 4 heteroatoms. The molecule has 0 unspecified atom stereocenters. The average Bonchev–Trinajstić information content (AvgIpc) is 3.28. The second kappa shape index (κ2) is 7.75. The second-order valence-corrected chi connectivity index (χ2v) is 15.9. The highest BCUT2D eigenvalue weighted by Gasteiger charge is 2.68. The molecule has 6 fully saturated rings. The van der Waals surface area contributed by atoms with Crippen LogP contribution in [0.25, 0.3) is 0 Å². The van der Waals surface area contributed by atoms with Crippen molar-refractivity contribution < 1.29 is 19.1 Å². The normalized spacial score (nSPS) is 50.8. The Morgan fingerprint density at radius 3 is 2.00 bits per heavy atom. The van der Waals surface area contributed by atoms with Crippen LogP contribution in [0.15, 0.2) is 0 Å². The van der Waals surface area contributed by atoms with Crippen LogP contribution in [0.1, 0.15) is 131 Å². The van der Waals surface area contributed by atoms with Gasteiger partial charge in [0.1, 0.15) is 11.2 Å². The number of ether oxygens (including phenoxy) is 2. The van der Waals surface area contributed by atoms with E-state index in [1.165, 1.54) is 44.9 Å². The number of fused-ring (bicyclic) bond motifs is 6. The topological polar surface area (TPSA) is 52.6 Å². The van der Waals surface area contributed by atoms with Crippen molar-refractivity contribution in [3.8, 4) is 0 Å². The fraction of sp³-hybridized carbons (Fsp3) is 0.938. The molecule has 0 aromatic heterocycles. The molecule has 0 N–H and O–H groups in total. The third-order valence-electron chi connectivity index (χ3n) is 13.4. The van der Waals surface area contributed by atoms with Gasteiger partial charge in [0.25, 0.3) is 0 Å². The predicted molar refractivity (Wildman–Crippen MR) is 140 cm³/mol. The lowest BCUT2D eigenvalue weighted by Crippen LogP contribution is -2.59. The van der Waals surface area contributed by atoms with Gasteiger partial charge in [-0.2, -0.15) is 0 Å². The van der Waals surface area contributed by atoms with Gasteiger partial charge < -0.3 is 9.47 Å². The largest absolute Gasteiger partial charge is 0.459 e. The molecule has 4 saturated carbocycles. The van der Waals surface area contributed by atoms with Crippen LogP contribution in [0.4, 0.5) is 0 Å². The van der Waals surface area contributed by atoms with Crippen molar-refractivity contribution in [3.05, 3.63) is 0 Å². The van der Waals surface area contributed by atoms with E-state index in [0.717, 1.165) is 32.1 Å². The summed E-state index contributed by atoms with van der Waals surface area (Å²) >= 11 is 0. The Bertz CT molecular complexity index is 952. The lowest BCUT2D eigenvalue weighted by atomic mass is 9.42. The van der Waals surface area contributed by atoms with E-state index < -0.39 is 0 Å². The Labute approximate surface area is 219 Å². The standard InChI is InChI=1S/C32H50O4/c1-27(2)11-7-13-29(5)21(27)10-16-32(23(29)19-26(34)36-32)18-17-31-14-8-12-28(3,4)22(31)9-15-30(6)24(31)20-25(33)35-30/h21-24H,7-20H2,1-6H3/t21-,22-,23+,24-,29-,30+,31+,32-/m0/s1. The van der Waals surface area contributed by atoms with Gasteiger partial charge in [-0.25, -0.2) is 0 Å². The molecule has 2 saturated heterocycles. The highest BCUT2D eigenvalue weighted by molar-refractivity contribution is 5.74. The zero-order valence-corrected chi connectivity index (χ0v) is 23.8. The number of rotatable bonds is 3. The first kappa shape index (κ1) is 25.2. The first-order chi connectivity index (χ1) is 16.8. The van der Waals surface area contributed by atoms with E-state index in [1.807, 2.05) is 0 Å². The van der Waals surface area contributed by atoms with Crippen molar-refractivity contribution in [3.63, 3.8) is 0 Å². The first-order valence-electron chi connectivity index (χ1n) is 15.2. The fourth-order valence-electron chi connectivity index (χ4n) is 12.0. The Morgan fingerprint density at radius 1 is 0.639 bits per heavy atom. The Morgan fingerprint density at radius 2 is 1.25 bits per heavy atom. The molecular weight excluding hydrogens is 448 g/mol. The summed E-state index contributed by atoms with van der Waals surface area (Å²) < 4.78 is 12.5. The van der Waals surface area contributed by atoms with Crippen LogP contribution in [0.2, 0.25) is 0 Å². The predicted octanol–water partition coefficient (Wildman–Crippen LogP) is 7.62. The quantitative estimate of drug-likeness (QED) is 0.376. The van der Waals surface area contributed by atoms with E-state index in [1.54, 1.807) is 0 Å². The molecule has 6 aliphatic rings. The van der Waals surface area contributed by atoms with Crippen molar-refractivity contribution in [2.24, 2.45) is 45.3 Å². The summed E-state index contributed by atoms with van der Waals surface area (Å²) in [6, 6.07) is 0. The number of hydrogen-bond donors (Lipinski definition) is 0. The molecule has 2 heterocycles. The lowest BCUT2D eigenvalue weighted by Gasteiger charge is -2.63. The van der Waals surface area contributed by atoms with Crippen LogP contribution in [0.5, 0.6) is 0 Å². The van der Waals surface area contributed by atoms with Gasteiger partial charge in [-0.3, -0.25) is 9.59 Å². The highest BCUT2D eigenvalue weighted by Crippen LogP contribution is 2.70. The minimum absolute atomic E-state index is 0.00620. The third kappa shape index (κ3) is 3.36. The summed E-state index contributed by atoms with van der Waals surface area (Å²) in [6.07, 6.45) is 15.1. The Hall–Kier alpha value is -1.06.